The first kappa shape index (κ1) is 21.1. The normalized spacial score (nSPS) is 10.8. The average Bonchev–Trinajstić information content (AvgIpc) is 2.65. The van der Waals surface area contributed by atoms with Crippen molar-refractivity contribution in [1.29, 1.82) is 0 Å². The van der Waals surface area contributed by atoms with Crippen molar-refractivity contribution < 1.29 is 9.90 Å². The van der Waals surface area contributed by atoms with Crippen LogP contribution in [0.3, 0.4) is 0 Å². The fourth-order valence-corrected chi connectivity index (χ4v) is 2.85. The van der Waals surface area contributed by atoms with Crippen LogP contribution in [0.5, 0.6) is 0 Å². The van der Waals surface area contributed by atoms with Crippen molar-refractivity contribution in [2.45, 2.75) is 45.6 Å². The predicted molar refractivity (Wildman–Crippen MR) is 107 cm³/mol. The second kappa shape index (κ2) is 10.8. The number of hydrogen-bond donors (Lipinski definition) is 2. The molecule has 0 saturated heterocycles. The van der Waals surface area contributed by atoms with Crippen molar-refractivity contribution in [2.75, 3.05) is 13.2 Å². The molecule has 0 radical (unpaired) electrons. The summed E-state index contributed by atoms with van der Waals surface area (Å²) in [4.78, 5) is 29.4. The van der Waals surface area contributed by atoms with Gasteiger partial charge in [0.1, 0.15) is 12.4 Å². The van der Waals surface area contributed by atoms with Crippen LogP contribution in [0.25, 0.3) is 11.3 Å². The molecular weight excluding hydrogens is 366 g/mol. The van der Waals surface area contributed by atoms with E-state index in [9.17, 15) is 9.59 Å². The molecule has 1 aromatic carbocycles. The standard InChI is InChI=1S/C20H26ClN3O3/c1-2-3-4-6-18-23-17(15-7-9-16(21)10-8-15)13-20(27)24(18)14-19(26)22-11-5-12-25/h7-10,13,25H,2-6,11-12,14H2,1H3,(H,22,26). The van der Waals surface area contributed by atoms with E-state index in [1.54, 1.807) is 12.1 Å². The molecule has 1 aromatic heterocycles. The Kier molecular flexibility index (Phi) is 8.48. The molecule has 7 heteroatoms. The van der Waals surface area contributed by atoms with E-state index >= 15 is 0 Å². The van der Waals surface area contributed by atoms with Crippen molar-refractivity contribution in [1.82, 2.24) is 14.9 Å². The number of hydrogen-bond acceptors (Lipinski definition) is 4. The quantitative estimate of drug-likeness (QED) is 0.610. The number of carbonyl (C=O) groups is 1. The van der Waals surface area contributed by atoms with Gasteiger partial charge in [0.05, 0.1) is 5.69 Å². The molecule has 0 unspecified atom stereocenters. The largest absolute Gasteiger partial charge is 0.396 e. The van der Waals surface area contributed by atoms with Gasteiger partial charge in [0, 0.05) is 36.2 Å². The van der Waals surface area contributed by atoms with Gasteiger partial charge in [-0.15, -0.1) is 0 Å². The topological polar surface area (TPSA) is 84.2 Å². The Labute approximate surface area is 164 Å². The van der Waals surface area contributed by atoms with Crippen LogP contribution in [-0.4, -0.2) is 33.7 Å². The van der Waals surface area contributed by atoms with E-state index in [4.69, 9.17) is 16.7 Å². The van der Waals surface area contributed by atoms with Crippen LogP contribution >= 0.6 is 11.6 Å². The summed E-state index contributed by atoms with van der Waals surface area (Å²) in [6, 6.07) is 8.62. The summed E-state index contributed by atoms with van der Waals surface area (Å²) in [6.07, 6.45) is 4.11. The number of nitrogens with one attached hydrogen (secondary N) is 1. The van der Waals surface area contributed by atoms with E-state index in [2.05, 4.69) is 17.2 Å². The van der Waals surface area contributed by atoms with E-state index in [1.165, 1.54) is 10.6 Å². The van der Waals surface area contributed by atoms with Crippen LogP contribution < -0.4 is 10.9 Å². The molecule has 27 heavy (non-hydrogen) atoms. The summed E-state index contributed by atoms with van der Waals surface area (Å²) in [5.74, 6) is 0.349. The summed E-state index contributed by atoms with van der Waals surface area (Å²) in [6.45, 7) is 2.43. The Morgan fingerprint density at radius 2 is 1.96 bits per heavy atom. The number of halogens is 1. The zero-order valence-electron chi connectivity index (χ0n) is 15.6. The van der Waals surface area contributed by atoms with Crippen LogP contribution in [0.1, 0.15) is 38.4 Å². The molecule has 1 amide bonds. The van der Waals surface area contributed by atoms with Crippen LogP contribution in [-0.2, 0) is 17.8 Å². The second-order valence-electron chi connectivity index (χ2n) is 6.37. The minimum atomic E-state index is -0.261. The van der Waals surface area contributed by atoms with Gasteiger partial charge in [-0.25, -0.2) is 4.98 Å². The summed E-state index contributed by atoms with van der Waals surface area (Å²) >= 11 is 5.93. The molecule has 6 nitrogen and oxygen atoms in total. The van der Waals surface area contributed by atoms with Gasteiger partial charge in [-0.3, -0.25) is 14.2 Å². The monoisotopic (exact) mass is 391 g/mol. The van der Waals surface area contributed by atoms with Crippen LogP contribution in [0.2, 0.25) is 5.02 Å². The van der Waals surface area contributed by atoms with Gasteiger partial charge in [0.15, 0.2) is 0 Å². The van der Waals surface area contributed by atoms with E-state index in [0.29, 0.717) is 35.9 Å². The molecule has 2 aromatic rings. The Balaban J connectivity index is 2.29. The summed E-state index contributed by atoms with van der Waals surface area (Å²) in [5.41, 5.74) is 1.15. The molecule has 0 fully saturated rings. The Bertz CT molecular complexity index is 803. The lowest BCUT2D eigenvalue weighted by Gasteiger charge is -2.14. The number of aromatic nitrogens is 2. The fraction of sp³-hybridized carbons (Fsp3) is 0.450. The number of benzene rings is 1. The molecule has 2 N–H and O–H groups in total. The minimum absolute atomic E-state index is 0.0137. The number of rotatable bonds is 10. The lowest BCUT2D eigenvalue weighted by Crippen LogP contribution is -2.35. The number of aliphatic hydroxyl groups is 1. The maximum Gasteiger partial charge on any atom is 0.254 e. The Hall–Kier alpha value is -2.18. The molecule has 0 saturated carbocycles. The Morgan fingerprint density at radius 3 is 2.63 bits per heavy atom. The summed E-state index contributed by atoms with van der Waals surface area (Å²) < 4.78 is 1.43. The molecule has 1 heterocycles. The summed E-state index contributed by atoms with van der Waals surface area (Å²) in [7, 11) is 0. The van der Waals surface area contributed by atoms with E-state index in [1.807, 2.05) is 12.1 Å². The molecular formula is C20H26ClN3O3. The van der Waals surface area contributed by atoms with Crippen LogP contribution in [0, 0.1) is 0 Å². The van der Waals surface area contributed by atoms with Crippen molar-refractivity contribution >= 4 is 17.5 Å². The maximum absolute atomic E-state index is 12.7. The second-order valence-corrected chi connectivity index (χ2v) is 6.81. The van der Waals surface area contributed by atoms with Crippen molar-refractivity contribution in [3.63, 3.8) is 0 Å². The smallest absolute Gasteiger partial charge is 0.254 e. The highest BCUT2D eigenvalue weighted by atomic mass is 35.5. The van der Waals surface area contributed by atoms with Gasteiger partial charge < -0.3 is 10.4 Å². The zero-order chi connectivity index (χ0) is 19.6. The number of unbranched alkanes of at least 4 members (excludes halogenated alkanes) is 2. The fourth-order valence-electron chi connectivity index (χ4n) is 2.72. The lowest BCUT2D eigenvalue weighted by molar-refractivity contribution is -0.121. The SMILES string of the molecule is CCCCCc1nc(-c2ccc(Cl)cc2)cc(=O)n1CC(=O)NCCCO. The van der Waals surface area contributed by atoms with Gasteiger partial charge in [-0.05, 0) is 25.0 Å². The number of amides is 1. The average molecular weight is 392 g/mol. The third kappa shape index (κ3) is 6.48. The van der Waals surface area contributed by atoms with Crippen molar-refractivity contribution in [2.24, 2.45) is 0 Å². The third-order valence-corrected chi connectivity index (χ3v) is 4.44. The van der Waals surface area contributed by atoms with Gasteiger partial charge in [-0.2, -0.15) is 0 Å². The van der Waals surface area contributed by atoms with Gasteiger partial charge >= 0.3 is 0 Å². The zero-order valence-corrected chi connectivity index (χ0v) is 16.3. The predicted octanol–water partition coefficient (Wildman–Crippen LogP) is 2.80. The minimum Gasteiger partial charge on any atom is -0.396 e. The highest BCUT2D eigenvalue weighted by Gasteiger charge is 2.13. The van der Waals surface area contributed by atoms with E-state index in [0.717, 1.165) is 24.8 Å². The maximum atomic E-state index is 12.7. The van der Waals surface area contributed by atoms with E-state index in [-0.39, 0.29) is 24.6 Å². The number of aliphatic hydroxyl groups excluding tert-OH is 1. The summed E-state index contributed by atoms with van der Waals surface area (Å²) in [5, 5.41) is 12.1. The molecule has 146 valence electrons. The van der Waals surface area contributed by atoms with Gasteiger partial charge in [0.2, 0.25) is 5.91 Å². The van der Waals surface area contributed by atoms with Crippen LogP contribution in [0.4, 0.5) is 0 Å². The molecule has 0 aliphatic heterocycles. The van der Waals surface area contributed by atoms with Gasteiger partial charge in [0.25, 0.3) is 5.56 Å². The highest BCUT2D eigenvalue weighted by molar-refractivity contribution is 6.30. The third-order valence-electron chi connectivity index (χ3n) is 4.19. The molecule has 0 spiro atoms. The lowest BCUT2D eigenvalue weighted by atomic mass is 10.1. The van der Waals surface area contributed by atoms with Crippen molar-refractivity contribution in [3.05, 3.63) is 51.5 Å². The molecule has 0 bridgehead atoms. The first-order chi connectivity index (χ1) is 13.0. The van der Waals surface area contributed by atoms with Crippen molar-refractivity contribution in [3.8, 4) is 11.3 Å². The first-order valence-electron chi connectivity index (χ1n) is 9.29. The Morgan fingerprint density at radius 1 is 1.22 bits per heavy atom. The first-order valence-corrected chi connectivity index (χ1v) is 9.67. The van der Waals surface area contributed by atoms with E-state index < -0.39 is 0 Å². The van der Waals surface area contributed by atoms with Gasteiger partial charge in [-0.1, -0.05) is 43.5 Å². The molecule has 0 aliphatic carbocycles. The molecule has 2 rings (SSSR count). The number of aryl methyl sites for hydroxylation is 1. The highest BCUT2D eigenvalue weighted by Crippen LogP contribution is 2.19. The van der Waals surface area contributed by atoms with Crippen LogP contribution in [0.15, 0.2) is 35.1 Å². The molecule has 0 atom stereocenters. The molecule has 0 aliphatic rings. The number of nitrogens with zero attached hydrogens (tertiary/aromatic N) is 2. The number of carbonyl (C=O) groups excluding carboxylic acids is 1.